The van der Waals surface area contributed by atoms with Crippen LogP contribution in [0.4, 0.5) is 0 Å². The summed E-state index contributed by atoms with van der Waals surface area (Å²) in [6, 6.07) is 15.7. The Labute approximate surface area is 214 Å². The number of carbonyl (C=O) groups excluding carboxylic acids is 3. The molecule has 1 heterocycles. The number of amides is 3. The number of hydrogen-bond acceptors (Lipinski definition) is 6. The average Bonchev–Trinajstić information content (AvgIpc) is 3.63. The maximum atomic E-state index is 13.9. The normalized spacial score (nSPS) is 13.7. The van der Waals surface area contributed by atoms with Crippen LogP contribution in [0, 0.1) is 0 Å². The van der Waals surface area contributed by atoms with Gasteiger partial charge in [-0.15, -0.1) is 5.10 Å². The monoisotopic (exact) mass is 506 g/mol. The lowest BCUT2D eigenvalue weighted by Gasteiger charge is -2.29. The van der Waals surface area contributed by atoms with Gasteiger partial charge in [-0.3, -0.25) is 14.4 Å². The summed E-state index contributed by atoms with van der Waals surface area (Å²) in [5.41, 5.74) is 8.81. The Morgan fingerprint density at radius 2 is 1.83 bits per heavy atom. The maximum absolute atomic E-state index is 13.9. The van der Waals surface area contributed by atoms with E-state index in [2.05, 4.69) is 15.6 Å². The third-order valence-corrected chi connectivity index (χ3v) is 6.63. The number of hydrogen-bond donors (Lipinski definition) is 2. The molecule has 0 aliphatic heterocycles. The Hall–Kier alpha value is -3.66. The Morgan fingerprint density at radius 1 is 1.14 bits per heavy atom. The van der Waals surface area contributed by atoms with Crippen LogP contribution in [-0.4, -0.2) is 62.5 Å². The predicted molar refractivity (Wildman–Crippen MR) is 139 cm³/mol. The highest BCUT2D eigenvalue weighted by Crippen LogP contribution is 2.32. The highest BCUT2D eigenvalue weighted by molar-refractivity contribution is 7.97. The van der Waals surface area contributed by atoms with Gasteiger partial charge in [0, 0.05) is 30.3 Å². The first-order valence-corrected chi connectivity index (χ1v) is 13.3. The van der Waals surface area contributed by atoms with Crippen molar-refractivity contribution in [1.29, 1.82) is 0 Å². The molecule has 3 N–H and O–H groups in total. The van der Waals surface area contributed by atoms with Gasteiger partial charge in [-0.25, -0.2) is 4.68 Å². The minimum absolute atomic E-state index is 0.0534. The molecule has 0 bridgehead atoms. The van der Waals surface area contributed by atoms with Crippen molar-refractivity contribution >= 4 is 29.5 Å². The van der Waals surface area contributed by atoms with Crippen LogP contribution in [0.25, 0.3) is 5.69 Å². The minimum atomic E-state index is -0.781. The van der Waals surface area contributed by atoms with E-state index in [1.54, 1.807) is 45.6 Å². The molecule has 1 saturated carbocycles. The van der Waals surface area contributed by atoms with E-state index in [9.17, 15) is 14.4 Å². The van der Waals surface area contributed by atoms with E-state index in [1.807, 2.05) is 43.5 Å². The molecule has 1 fully saturated rings. The molecule has 1 atom stereocenters. The van der Waals surface area contributed by atoms with Gasteiger partial charge in [-0.1, -0.05) is 35.5 Å². The molecule has 0 spiro atoms. The van der Waals surface area contributed by atoms with E-state index >= 15 is 0 Å². The Balaban J connectivity index is 1.66. The molecule has 1 aliphatic rings. The summed E-state index contributed by atoms with van der Waals surface area (Å²) in [5, 5.41) is 11.3. The molecule has 2 aromatic carbocycles. The number of nitrogens with one attached hydrogen (secondary N) is 1. The summed E-state index contributed by atoms with van der Waals surface area (Å²) in [5.74, 6) is -0.547. The Bertz CT molecular complexity index is 1220. The second-order valence-electron chi connectivity index (χ2n) is 8.69. The molecular formula is C26H30N6O3S. The van der Waals surface area contributed by atoms with Crippen molar-refractivity contribution < 1.29 is 14.4 Å². The number of carbonyl (C=O) groups is 3. The molecule has 0 radical (unpaired) electrons. The SMILES string of the molecule is CCNC(=O)c1ccc(-n2nnc(C(=O)N(C3CC3)[C@@H](Cc3ccccc3)C(N)=O)c2CSC)cc1. The first-order chi connectivity index (χ1) is 17.4. The van der Waals surface area contributed by atoms with Gasteiger partial charge in [0.2, 0.25) is 5.91 Å². The first kappa shape index (κ1) is 25.4. The van der Waals surface area contributed by atoms with E-state index in [-0.39, 0.29) is 23.6 Å². The van der Waals surface area contributed by atoms with Crippen molar-refractivity contribution in [3.05, 3.63) is 77.1 Å². The molecule has 0 unspecified atom stereocenters. The summed E-state index contributed by atoms with van der Waals surface area (Å²) in [4.78, 5) is 40.1. The second kappa shape index (κ2) is 11.4. The third kappa shape index (κ3) is 5.59. The van der Waals surface area contributed by atoms with Gasteiger partial charge >= 0.3 is 0 Å². The highest BCUT2D eigenvalue weighted by atomic mass is 32.2. The van der Waals surface area contributed by atoms with Crippen molar-refractivity contribution in [1.82, 2.24) is 25.2 Å². The first-order valence-electron chi connectivity index (χ1n) is 11.9. The van der Waals surface area contributed by atoms with Crippen LogP contribution < -0.4 is 11.1 Å². The third-order valence-electron chi connectivity index (χ3n) is 6.07. The number of aromatic nitrogens is 3. The van der Waals surface area contributed by atoms with Crippen LogP contribution in [0.3, 0.4) is 0 Å². The van der Waals surface area contributed by atoms with Crippen molar-refractivity contribution in [2.45, 2.75) is 44.0 Å². The van der Waals surface area contributed by atoms with Gasteiger partial charge in [-0.2, -0.15) is 11.8 Å². The topological polar surface area (TPSA) is 123 Å². The summed E-state index contributed by atoms with van der Waals surface area (Å²) >= 11 is 1.54. The molecule has 1 aliphatic carbocycles. The molecule has 9 nitrogen and oxygen atoms in total. The van der Waals surface area contributed by atoms with Gasteiger partial charge in [0.05, 0.1) is 11.4 Å². The molecule has 3 amide bonds. The van der Waals surface area contributed by atoms with E-state index in [1.165, 1.54) is 0 Å². The smallest absolute Gasteiger partial charge is 0.277 e. The zero-order valence-corrected chi connectivity index (χ0v) is 21.2. The fraction of sp³-hybridized carbons (Fsp3) is 0.346. The lowest BCUT2D eigenvalue weighted by molar-refractivity contribution is -0.122. The molecule has 3 aromatic rings. The zero-order valence-electron chi connectivity index (χ0n) is 20.4. The Kier molecular flexibility index (Phi) is 8.04. The van der Waals surface area contributed by atoms with E-state index < -0.39 is 11.9 Å². The summed E-state index contributed by atoms with van der Waals surface area (Å²) in [7, 11) is 0. The molecule has 188 valence electrons. The molecule has 10 heteroatoms. The van der Waals surface area contributed by atoms with Crippen LogP contribution in [0.15, 0.2) is 54.6 Å². The molecule has 0 saturated heterocycles. The van der Waals surface area contributed by atoms with Crippen molar-refractivity contribution in [2.24, 2.45) is 5.73 Å². The maximum Gasteiger partial charge on any atom is 0.277 e. The zero-order chi connectivity index (χ0) is 25.7. The molecule has 36 heavy (non-hydrogen) atoms. The number of rotatable bonds is 11. The number of nitrogens with zero attached hydrogens (tertiary/aromatic N) is 4. The lowest BCUT2D eigenvalue weighted by Crippen LogP contribution is -2.50. The van der Waals surface area contributed by atoms with E-state index in [0.29, 0.717) is 35.7 Å². The fourth-order valence-electron chi connectivity index (χ4n) is 4.17. The van der Waals surface area contributed by atoms with Crippen molar-refractivity contribution in [2.75, 3.05) is 12.8 Å². The summed E-state index contributed by atoms with van der Waals surface area (Å²) < 4.78 is 1.62. The van der Waals surface area contributed by atoms with Gasteiger partial charge in [0.25, 0.3) is 11.8 Å². The van der Waals surface area contributed by atoms with Crippen LogP contribution in [0.1, 0.15) is 51.9 Å². The largest absolute Gasteiger partial charge is 0.368 e. The number of benzene rings is 2. The van der Waals surface area contributed by atoms with Crippen molar-refractivity contribution in [3.63, 3.8) is 0 Å². The number of primary amides is 1. The summed E-state index contributed by atoms with van der Waals surface area (Å²) in [6.45, 7) is 2.41. The van der Waals surface area contributed by atoms with Gasteiger partial charge in [-0.05, 0) is 55.9 Å². The Morgan fingerprint density at radius 3 is 2.42 bits per heavy atom. The molecule has 1 aromatic heterocycles. The van der Waals surface area contributed by atoms with Crippen LogP contribution in [0.2, 0.25) is 0 Å². The second-order valence-corrected chi connectivity index (χ2v) is 9.55. The predicted octanol–water partition coefficient (Wildman–Crippen LogP) is 2.58. The molecular weight excluding hydrogens is 476 g/mol. The van der Waals surface area contributed by atoms with Crippen molar-refractivity contribution in [3.8, 4) is 5.69 Å². The van der Waals surface area contributed by atoms with Crippen LogP contribution >= 0.6 is 11.8 Å². The number of thioether (sulfide) groups is 1. The van der Waals surface area contributed by atoms with Crippen LogP contribution in [-0.2, 0) is 17.0 Å². The van der Waals surface area contributed by atoms with E-state index in [4.69, 9.17) is 5.73 Å². The van der Waals surface area contributed by atoms with Crippen LogP contribution in [0.5, 0.6) is 0 Å². The fourth-order valence-corrected chi connectivity index (χ4v) is 4.70. The highest BCUT2D eigenvalue weighted by Gasteiger charge is 2.42. The molecule has 4 rings (SSSR count). The average molecular weight is 507 g/mol. The quantitative estimate of drug-likeness (QED) is 0.412. The standard InChI is InChI=1S/C26H30N6O3S/c1-3-28-25(34)18-9-11-20(12-10-18)32-22(16-36-2)23(29-30-32)26(35)31(19-13-14-19)21(24(27)33)15-17-7-5-4-6-8-17/h4-12,19,21H,3,13-16H2,1-2H3,(H2,27,33)(H,28,34)/t21-/m0/s1. The summed E-state index contributed by atoms with van der Waals surface area (Å²) in [6.07, 6.45) is 3.91. The van der Waals surface area contributed by atoms with E-state index in [0.717, 1.165) is 18.4 Å². The number of nitrogens with two attached hydrogens (primary N) is 1. The minimum Gasteiger partial charge on any atom is -0.368 e. The van der Waals surface area contributed by atoms with Gasteiger partial charge < -0.3 is 16.0 Å². The van der Waals surface area contributed by atoms with Gasteiger partial charge in [0.15, 0.2) is 5.69 Å². The lowest BCUT2D eigenvalue weighted by atomic mass is 10.0. The van der Waals surface area contributed by atoms with Gasteiger partial charge in [0.1, 0.15) is 6.04 Å².